The normalized spacial score (nSPS) is 16.7. The molecule has 1 aromatic heterocycles. The highest BCUT2D eigenvalue weighted by molar-refractivity contribution is 7.89. The molecule has 0 radical (unpaired) electrons. The molecule has 1 N–H and O–H groups in total. The zero-order valence-electron chi connectivity index (χ0n) is 10.6. The van der Waals surface area contributed by atoms with E-state index < -0.39 is 15.9 Å². The first-order chi connectivity index (χ1) is 9.07. The predicted molar refractivity (Wildman–Crippen MR) is 71.4 cm³/mol. The standard InChI is InChI=1S/C11H16N2O4S2/c1-2-17-12-11(14)10-9(5-8-18-10)19(15,16)13-6-3-4-7-13/h5,8H,2-4,6-7H2,1H3,(H,12,14). The van der Waals surface area contributed by atoms with Gasteiger partial charge in [-0.25, -0.2) is 13.9 Å². The molecule has 6 nitrogen and oxygen atoms in total. The number of hydrogen-bond donors (Lipinski definition) is 1. The Labute approximate surface area is 116 Å². The lowest BCUT2D eigenvalue weighted by Crippen LogP contribution is -2.30. The molecule has 0 aromatic carbocycles. The third kappa shape index (κ3) is 2.97. The van der Waals surface area contributed by atoms with Gasteiger partial charge in [0, 0.05) is 13.1 Å². The summed E-state index contributed by atoms with van der Waals surface area (Å²) in [5.41, 5.74) is 2.23. The van der Waals surface area contributed by atoms with Gasteiger partial charge in [-0.1, -0.05) is 0 Å². The molecule has 1 saturated heterocycles. The minimum absolute atomic E-state index is 0.0663. The van der Waals surface area contributed by atoms with E-state index >= 15 is 0 Å². The number of hydrogen-bond acceptors (Lipinski definition) is 5. The SMILES string of the molecule is CCONC(=O)c1sccc1S(=O)(=O)N1CCCC1. The second kappa shape index (κ2) is 6.00. The van der Waals surface area contributed by atoms with Crippen molar-refractivity contribution in [3.63, 3.8) is 0 Å². The summed E-state index contributed by atoms with van der Waals surface area (Å²) >= 11 is 1.10. The molecule has 19 heavy (non-hydrogen) atoms. The van der Waals surface area contributed by atoms with Gasteiger partial charge in [0.1, 0.15) is 9.77 Å². The molecule has 0 saturated carbocycles. The number of carbonyl (C=O) groups excluding carboxylic acids is 1. The molecular weight excluding hydrogens is 288 g/mol. The molecule has 2 heterocycles. The molecule has 1 aliphatic heterocycles. The Morgan fingerprint density at radius 2 is 2.16 bits per heavy atom. The van der Waals surface area contributed by atoms with Crippen molar-refractivity contribution in [2.45, 2.75) is 24.7 Å². The van der Waals surface area contributed by atoms with Crippen LogP contribution in [0.3, 0.4) is 0 Å². The highest BCUT2D eigenvalue weighted by Crippen LogP contribution is 2.27. The minimum atomic E-state index is -3.57. The number of sulfonamides is 1. The van der Waals surface area contributed by atoms with Gasteiger partial charge in [0.05, 0.1) is 6.61 Å². The van der Waals surface area contributed by atoms with Crippen LogP contribution in [0.4, 0.5) is 0 Å². The fourth-order valence-electron chi connectivity index (χ4n) is 1.92. The van der Waals surface area contributed by atoms with Gasteiger partial charge in [0.25, 0.3) is 5.91 Å². The highest BCUT2D eigenvalue weighted by atomic mass is 32.2. The summed E-state index contributed by atoms with van der Waals surface area (Å²) in [7, 11) is -3.57. The summed E-state index contributed by atoms with van der Waals surface area (Å²) in [5.74, 6) is -0.519. The van der Waals surface area contributed by atoms with Gasteiger partial charge in [-0.15, -0.1) is 11.3 Å². The van der Waals surface area contributed by atoms with Gasteiger partial charge >= 0.3 is 0 Å². The second-order valence-electron chi connectivity index (χ2n) is 4.09. The number of carbonyl (C=O) groups is 1. The molecule has 0 unspecified atom stereocenters. The Balaban J connectivity index is 2.25. The van der Waals surface area contributed by atoms with Crippen molar-refractivity contribution < 1.29 is 18.0 Å². The number of amides is 1. The predicted octanol–water partition coefficient (Wildman–Crippen LogP) is 1.21. The molecule has 1 amide bonds. The fraction of sp³-hybridized carbons (Fsp3) is 0.545. The first-order valence-corrected chi connectivity index (χ1v) is 8.39. The number of hydroxylamine groups is 1. The van der Waals surface area contributed by atoms with Crippen molar-refractivity contribution in [2.75, 3.05) is 19.7 Å². The van der Waals surface area contributed by atoms with Crippen molar-refractivity contribution in [1.82, 2.24) is 9.79 Å². The Bertz CT molecular complexity index is 547. The summed E-state index contributed by atoms with van der Waals surface area (Å²) in [6.07, 6.45) is 1.73. The summed E-state index contributed by atoms with van der Waals surface area (Å²) < 4.78 is 26.2. The molecular formula is C11H16N2O4S2. The van der Waals surface area contributed by atoms with E-state index in [1.54, 1.807) is 12.3 Å². The van der Waals surface area contributed by atoms with Gasteiger partial charge in [-0.2, -0.15) is 4.31 Å². The molecule has 2 rings (SSSR count). The van der Waals surface area contributed by atoms with Gasteiger partial charge in [-0.3, -0.25) is 9.63 Å². The van der Waals surface area contributed by atoms with Gasteiger partial charge in [0.2, 0.25) is 10.0 Å². The molecule has 106 valence electrons. The number of nitrogens with one attached hydrogen (secondary N) is 1. The summed E-state index contributed by atoms with van der Waals surface area (Å²) in [6.45, 7) is 3.09. The Morgan fingerprint density at radius 3 is 2.79 bits per heavy atom. The van der Waals surface area contributed by atoms with Crippen molar-refractivity contribution in [3.05, 3.63) is 16.3 Å². The third-order valence-electron chi connectivity index (χ3n) is 2.83. The van der Waals surface area contributed by atoms with Crippen molar-refractivity contribution >= 4 is 27.3 Å². The number of rotatable bonds is 5. The maximum absolute atomic E-state index is 12.4. The smallest absolute Gasteiger partial charge is 0.274 e. The zero-order chi connectivity index (χ0) is 13.9. The van der Waals surface area contributed by atoms with Gasteiger partial charge in [-0.05, 0) is 31.2 Å². The molecule has 8 heteroatoms. The number of thiophene rings is 1. The maximum Gasteiger partial charge on any atom is 0.286 e. The summed E-state index contributed by atoms with van der Waals surface area (Å²) in [4.78, 5) is 16.9. The first kappa shape index (κ1) is 14.4. The van der Waals surface area contributed by atoms with Crippen LogP contribution in [-0.4, -0.2) is 38.3 Å². The third-order valence-corrected chi connectivity index (χ3v) is 5.81. The van der Waals surface area contributed by atoms with E-state index in [0.29, 0.717) is 19.7 Å². The van der Waals surface area contributed by atoms with E-state index in [1.807, 2.05) is 0 Å². The average molecular weight is 304 g/mol. The average Bonchev–Trinajstić information content (AvgIpc) is 3.05. The minimum Gasteiger partial charge on any atom is -0.274 e. The monoisotopic (exact) mass is 304 g/mol. The molecule has 1 fully saturated rings. The highest BCUT2D eigenvalue weighted by Gasteiger charge is 2.31. The molecule has 0 spiro atoms. The van der Waals surface area contributed by atoms with Crippen LogP contribution >= 0.6 is 11.3 Å². The Hall–Kier alpha value is -0.960. The van der Waals surface area contributed by atoms with Crippen LogP contribution in [0, 0.1) is 0 Å². The molecule has 1 aromatic rings. The van der Waals surface area contributed by atoms with Crippen LogP contribution < -0.4 is 5.48 Å². The van der Waals surface area contributed by atoms with Crippen LogP contribution in [0.25, 0.3) is 0 Å². The van der Waals surface area contributed by atoms with Gasteiger partial charge in [0.15, 0.2) is 0 Å². The maximum atomic E-state index is 12.4. The lowest BCUT2D eigenvalue weighted by atomic mass is 10.4. The van der Waals surface area contributed by atoms with Crippen molar-refractivity contribution in [3.8, 4) is 0 Å². The Morgan fingerprint density at radius 1 is 1.47 bits per heavy atom. The van der Waals surface area contributed by atoms with E-state index in [-0.39, 0.29) is 9.77 Å². The second-order valence-corrected chi connectivity index (χ2v) is 6.91. The molecule has 1 aliphatic rings. The largest absolute Gasteiger partial charge is 0.286 e. The van der Waals surface area contributed by atoms with E-state index in [2.05, 4.69) is 5.48 Å². The molecule has 0 aliphatic carbocycles. The molecule has 0 bridgehead atoms. The van der Waals surface area contributed by atoms with E-state index in [9.17, 15) is 13.2 Å². The molecule has 0 atom stereocenters. The Kier molecular flexibility index (Phi) is 4.56. The lowest BCUT2D eigenvalue weighted by Gasteiger charge is -2.15. The van der Waals surface area contributed by atoms with Crippen LogP contribution in [0.2, 0.25) is 0 Å². The van der Waals surface area contributed by atoms with Crippen molar-refractivity contribution in [1.29, 1.82) is 0 Å². The topological polar surface area (TPSA) is 75.7 Å². The fourth-order valence-corrected chi connectivity index (χ4v) is 4.72. The first-order valence-electron chi connectivity index (χ1n) is 6.07. The van der Waals surface area contributed by atoms with E-state index in [0.717, 1.165) is 24.2 Å². The lowest BCUT2D eigenvalue weighted by molar-refractivity contribution is 0.0365. The van der Waals surface area contributed by atoms with Crippen LogP contribution in [0.5, 0.6) is 0 Å². The van der Waals surface area contributed by atoms with Gasteiger partial charge < -0.3 is 0 Å². The van der Waals surface area contributed by atoms with Crippen LogP contribution in [-0.2, 0) is 14.9 Å². The number of nitrogens with zero attached hydrogens (tertiary/aromatic N) is 1. The van der Waals surface area contributed by atoms with E-state index in [4.69, 9.17) is 4.84 Å². The van der Waals surface area contributed by atoms with Crippen LogP contribution in [0.1, 0.15) is 29.4 Å². The van der Waals surface area contributed by atoms with Crippen LogP contribution in [0.15, 0.2) is 16.3 Å². The summed E-state index contributed by atoms with van der Waals surface area (Å²) in [6, 6.07) is 1.47. The van der Waals surface area contributed by atoms with E-state index in [1.165, 1.54) is 10.4 Å². The quantitative estimate of drug-likeness (QED) is 0.830. The zero-order valence-corrected chi connectivity index (χ0v) is 12.2. The summed E-state index contributed by atoms with van der Waals surface area (Å²) in [5, 5.41) is 1.60. The van der Waals surface area contributed by atoms with Crippen molar-refractivity contribution in [2.24, 2.45) is 0 Å².